The fourth-order valence-corrected chi connectivity index (χ4v) is 2.80. The quantitative estimate of drug-likeness (QED) is 0.873. The molecule has 21 heavy (non-hydrogen) atoms. The van der Waals surface area contributed by atoms with Gasteiger partial charge in [-0.1, -0.05) is 19.8 Å². The first-order chi connectivity index (χ1) is 10.1. The van der Waals surface area contributed by atoms with Crippen molar-refractivity contribution in [2.45, 2.75) is 51.2 Å². The zero-order valence-corrected chi connectivity index (χ0v) is 12.9. The molecule has 1 amide bonds. The molecule has 2 unspecified atom stereocenters. The largest absolute Gasteiger partial charge is 0.391 e. The van der Waals surface area contributed by atoms with Gasteiger partial charge in [0.25, 0.3) is 5.91 Å². The maximum absolute atomic E-state index is 12.5. The second kappa shape index (κ2) is 7.41. The Balaban J connectivity index is 2.07. The highest BCUT2D eigenvalue weighted by Gasteiger charge is 2.30. The maximum atomic E-state index is 12.5. The molecule has 2 N–H and O–H groups in total. The van der Waals surface area contributed by atoms with Crippen molar-refractivity contribution in [3.63, 3.8) is 0 Å². The first kappa shape index (κ1) is 15.8. The van der Waals surface area contributed by atoms with E-state index in [4.69, 9.17) is 0 Å². The Morgan fingerprint density at radius 2 is 2.24 bits per heavy atom. The molecule has 5 nitrogen and oxygen atoms in total. The molecule has 5 heteroatoms. The molecule has 0 spiro atoms. The van der Waals surface area contributed by atoms with Crippen LogP contribution in [0.25, 0.3) is 0 Å². The van der Waals surface area contributed by atoms with Crippen molar-refractivity contribution in [2.75, 3.05) is 18.9 Å². The van der Waals surface area contributed by atoms with Crippen molar-refractivity contribution in [3.8, 4) is 0 Å². The van der Waals surface area contributed by atoms with E-state index in [-0.39, 0.29) is 11.9 Å². The summed E-state index contributed by atoms with van der Waals surface area (Å²) in [6, 6.07) is 3.55. The van der Waals surface area contributed by atoms with Gasteiger partial charge < -0.3 is 15.3 Å². The fourth-order valence-electron chi connectivity index (χ4n) is 2.80. The van der Waals surface area contributed by atoms with E-state index >= 15 is 0 Å². The Kier molecular flexibility index (Phi) is 5.56. The first-order valence-electron chi connectivity index (χ1n) is 7.78. The Labute approximate surface area is 126 Å². The highest BCUT2D eigenvalue weighted by molar-refractivity contribution is 5.93. The van der Waals surface area contributed by atoms with Crippen molar-refractivity contribution in [2.24, 2.45) is 0 Å². The highest BCUT2D eigenvalue weighted by atomic mass is 16.3. The van der Waals surface area contributed by atoms with Crippen LogP contribution in [-0.2, 0) is 0 Å². The number of hydrogen-bond acceptors (Lipinski definition) is 4. The molecule has 0 bridgehead atoms. The molecule has 0 aromatic carbocycles. The van der Waals surface area contributed by atoms with E-state index in [9.17, 15) is 9.90 Å². The minimum absolute atomic E-state index is 0.0969. The third kappa shape index (κ3) is 3.94. The maximum Gasteiger partial charge on any atom is 0.272 e. The number of likely N-dealkylation sites (N-methyl/N-ethyl adjacent to an activating group) is 1. The molecular formula is C16H25N3O2. The smallest absolute Gasteiger partial charge is 0.272 e. The predicted octanol–water partition coefficient (Wildman–Crippen LogP) is 2.28. The summed E-state index contributed by atoms with van der Waals surface area (Å²) in [6.45, 7) is 2.97. The minimum atomic E-state index is -0.422. The molecular weight excluding hydrogens is 266 g/mol. The summed E-state index contributed by atoms with van der Waals surface area (Å²) in [7, 11) is 1.76. The number of nitrogens with one attached hydrogen (secondary N) is 1. The monoisotopic (exact) mass is 291 g/mol. The van der Waals surface area contributed by atoms with Crippen molar-refractivity contribution >= 4 is 11.6 Å². The molecule has 2 rings (SSSR count). The lowest BCUT2D eigenvalue weighted by Gasteiger charge is -2.35. The van der Waals surface area contributed by atoms with Gasteiger partial charge in [0.05, 0.1) is 12.1 Å². The molecule has 116 valence electrons. The Morgan fingerprint density at radius 3 is 2.95 bits per heavy atom. The first-order valence-corrected chi connectivity index (χ1v) is 7.78. The Bertz CT molecular complexity index is 478. The van der Waals surface area contributed by atoms with Gasteiger partial charge in [0.15, 0.2) is 0 Å². The summed E-state index contributed by atoms with van der Waals surface area (Å²) in [4.78, 5) is 18.4. The van der Waals surface area contributed by atoms with Gasteiger partial charge in [-0.15, -0.1) is 0 Å². The fraction of sp³-hybridized carbons (Fsp3) is 0.625. The van der Waals surface area contributed by atoms with Crippen molar-refractivity contribution in [3.05, 3.63) is 24.0 Å². The highest BCUT2D eigenvalue weighted by Crippen LogP contribution is 2.23. The normalized spacial score (nSPS) is 21.9. The number of aliphatic hydroxyl groups is 1. The summed E-state index contributed by atoms with van der Waals surface area (Å²) in [5.41, 5.74) is 1.34. The minimum Gasteiger partial charge on any atom is -0.391 e. The molecule has 0 saturated heterocycles. The predicted molar refractivity (Wildman–Crippen MR) is 83.4 cm³/mol. The van der Waals surface area contributed by atoms with E-state index in [2.05, 4.69) is 17.2 Å². The number of rotatable bonds is 5. The molecule has 1 aliphatic carbocycles. The lowest BCUT2D eigenvalue weighted by Crippen LogP contribution is -2.46. The Morgan fingerprint density at radius 1 is 1.48 bits per heavy atom. The number of hydrogen-bond donors (Lipinski definition) is 2. The van der Waals surface area contributed by atoms with Crippen LogP contribution in [0.2, 0.25) is 0 Å². The van der Waals surface area contributed by atoms with Crippen LogP contribution in [0, 0.1) is 0 Å². The van der Waals surface area contributed by atoms with Gasteiger partial charge in [0.2, 0.25) is 0 Å². The van der Waals surface area contributed by atoms with Crippen LogP contribution in [0.15, 0.2) is 18.3 Å². The number of carbonyl (C=O) groups is 1. The van der Waals surface area contributed by atoms with Gasteiger partial charge in [-0.25, -0.2) is 0 Å². The van der Waals surface area contributed by atoms with Crippen LogP contribution in [0.3, 0.4) is 0 Å². The summed E-state index contributed by atoms with van der Waals surface area (Å²) < 4.78 is 0. The second-order valence-electron chi connectivity index (χ2n) is 5.69. The third-order valence-corrected chi connectivity index (χ3v) is 4.07. The zero-order valence-electron chi connectivity index (χ0n) is 12.9. The topological polar surface area (TPSA) is 65.5 Å². The van der Waals surface area contributed by atoms with Crippen molar-refractivity contribution < 1.29 is 9.90 Å². The van der Waals surface area contributed by atoms with Gasteiger partial charge in [0, 0.05) is 25.5 Å². The number of amides is 1. The summed E-state index contributed by atoms with van der Waals surface area (Å²) in [6.07, 6.45) is 5.98. The number of anilines is 1. The number of carbonyl (C=O) groups excluding carboxylic acids is 1. The van der Waals surface area contributed by atoms with Gasteiger partial charge in [0.1, 0.15) is 5.69 Å². The van der Waals surface area contributed by atoms with E-state index in [1.54, 1.807) is 24.2 Å². The van der Waals surface area contributed by atoms with Gasteiger partial charge in [-0.2, -0.15) is 0 Å². The second-order valence-corrected chi connectivity index (χ2v) is 5.69. The van der Waals surface area contributed by atoms with E-state index < -0.39 is 6.10 Å². The van der Waals surface area contributed by atoms with Crippen LogP contribution in [0.1, 0.15) is 49.5 Å². The molecule has 1 fully saturated rings. The van der Waals surface area contributed by atoms with Gasteiger partial charge in [-0.3, -0.25) is 9.78 Å². The van der Waals surface area contributed by atoms with E-state index in [1.165, 1.54) is 0 Å². The van der Waals surface area contributed by atoms with Crippen LogP contribution < -0.4 is 5.32 Å². The molecule has 1 aromatic rings. The summed E-state index contributed by atoms with van der Waals surface area (Å²) in [5, 5.41) is 13.3. The molecule has 0 aliphatic heterocycles. The molecule has 2 atom stereocenters. The average molecular weight is 291 g/mol. The zero-order chi connectivity index (χ0) is 15.2. The van der Waals surface area contributed by atoms with Crippen LogP contribution >= 0.6 is 0 Å². The lowest BCUT2D eigenvalue weighted by atomic mass is 9.91. The standard InChI is InChI=1S/C16H25N3O2/c1-3-9-17-12-8-10-18-13(11-12)16(21)19(2)14-6-4-5-7-15(14)20/h8,10-11,14-15,20H,3-7,9H2,1-2H3,(H,17,18). The van der Waals surface area contributed by atoms with Gasteiger partial charge >= 0.3 is 0 Å². The Hall–Kier alpha value is -1.62. The molecule has 1 heterocycles. The SMILES string of the molecule is CCCNc1ccnc(C(=O)N(C)C2CCCCC2O)c1. The van der Waals surface area contributed by atoms with E-state index in [0.29, 0.717) is 5.69 Å². The van der Waals surface area contributed by atoms with Crippen LogP contribution in [-0.4, -0.2) is 46.6 Å². The average Bonchev–Trinajstić information content (AvgIpc) is 2.52. The van der Waals surface area contributed by atoms with Crippen LogP contribution in [0.5, 0.6) is 0 Å². The molecule has 1 aliphatic rings. The number of aliphatic hydroxyl groups excluding tert-OH is 1. The number of pyridine rings is 1. The third-order valence-electron chi connectivity index (χ3n) is 4.07. The van der Waals surface area contributed by atoms with Crippen molar-refractivity contribution in [1.29, 1.82) is 0 Å². The van der Waals surface area contributed by atoms with E-state index in [0.717, 1.165) is 44.3 Å². The molecule has 1 saturated carbocycles. The lowest BCUT2D eigenvalue weighted by molar-refractivity contribution is 0.0264. The number of nitrogens with zero attached hydrogens (tertiary/aromatic N) is 2. The molecule has 1 aromatic heterocycles. The van der Waals surface area contributed by atoms with Crippen molar-refractivity contribution in [1.82, 2.24) is 9.88 Å². The summed E-state index contributed by atoms with van der Waals surface area (Å²) in [5.74, 6) is -0.124. The van der Waals surface area contributed by atoms with E-state index in [1.807, 2.05) is 6.07 Å². The van der Waals surface area contributed by atoms with Gasteiger partial charge in [-0.05, 0) is 31.4 Å². The van der Waals surface area contributed by atoms with Crippen LogP contribution in [0.4, 0.5) is 5.69 Å². The molecule has 0 radical (unpaired) electrons. The summed E-state index contributed by atoms with van der Waals surface area (Å²) >= 11 is 0. The number of aromatic nitrogens is 1.